The fourth-order valence-corrected chi connectivity index (χ4v) is 3.37. The molecule has 1 amide bonds. The molecule has 2 aromatic heterocycles. The van der Waals surface area contributed by atoms with Crippen LogP contribution < -0.4 is 0 Å². The van der Waals surface area contributed by atoms with Gasteiger partial charge in [0.1, 0.15) is 5.69 Å². The van der Waals surface area contributed by atoms with Crippen molar-refractivity contribution in [1.29, 1.82) is 0 Å². The van der Waals surface area contributed by atoms with Gasteiger partial charge in [0.05, 0.1) is 17.3 Å². The molecule has 1 saturated heterocycles. The van der Waals surface area contributed by atoms with Gasteiger partial charge in [-0.15, -0.1) is 0 Å². The number of carbonyl (C=O) groups is 2. The summed E-state index contributed by atoms with van der Waals surface area (Å²) in [7, 11) is 0. The van der Waals surface area contributed by atoms with Gasteiger partial charge in [-0.3, -0.25) is 4.79 Å². The van der Waals surface area contributed by atoms with Crippen LogP contribution in [-0.2, 0) is 4.79 Å². The van der Waals surface area contributed by atoms with Crippen LogP contribution in [0.15, 0.2) is 53.1 Å². The van der Waals surface area contributed by atoms with Crippen molar-refractivity contribution in [1.82, 2.24) is 9.88 Å². The normalized spacial score (nSPS) is 16.4. The Morgan fingerprint density at radius 1 is 1.11 bits per heavy atom. The van der Waals surface area contributed by atoms with Crippen molar-refractivity contribution in [3.05, 3.63) is 54.3 Å². The maximum atomic E-state index is 13.2. The average molecular weight is 366 g/mol. The van der Waals surface area contributed by atoms with E-state index in [1.165, 1.54) is 0 Å². The number of amides is 1. The van der Waals surface area contributed by atoms with Crippen LogP contribution in [0.1, 0.15) is 23.2 Å². The van der Waals surface area contributed by atoms with Crippen LogP contribution >= 0.6 is 0 Å². The monoisotopic (exact) mass is 366 g/mol. The molecular weight excluding hydrogens is 348 g/mol. The van der Waals surface area contributed by atoms with Gasteiger partial charge < -0.3 is 19.5 Å². The van der Waals surface area contributed by atoms with Gasteiger partial charge in [0.25, 0.3) is 5.91 Å². The number of carboxylic acids is 1. The Kier molecular flexibility index (Phi) is 4.16. The van der Waals surface area contributed by atoms with Gasteiger partial charge in [0.15, 0.2) is 11.4 Å². The number of carbonyl (C=O) groups excluding carboxylic acids is 1. The van der Waals surface area contributed by atoms with E-state index in [0.29, 0.717) is 22.5 Å². The molecule has 3 aromatic rings. The van der Waals surface area contributed by atoms with Gasteiger partial charge in [0.2, 0.25) is 0 Å². The van der Waals surface area contributed by atoms with Crippen LogP contribution in [0.3, 0.4) is 0 Å². The number of carboxylic acid groups (broad SMARTS) is 1. The average Bonchev–Trinajstić information content (AvgIpc) is 3.22. The van der Waals surface area contributed by atoms with Gasteiger partial charge in [0, 0.05) is 31.3 Å². The van der Waals surface area contributed by atoms with E-state index in [1.54, 1.807) is 29.4 Å². The third kappa shape index (κ3) is 3.06. The molecule has 7 nitrogen and oxygen atoms in total. The first-order valence-electron chi connectivity index (χ1n) is 8.67. The fraction of sp³-hybridized carbons (Fsp3) is 0.250. The highest BCUT2D eigenvalue weighted by molar-refractivity contribution is 6.07. The molecular formula is C20H18N2O5. The van der Waals surface area contributed by atoms with E-state index in [4.69, 9.17) is 9.52 Å². The lowest BCUT2D eigenvalue weighted by Gasteiger charge is -2.35. The second kappa shape index (κ2) is 6.51. The molecule has 3 heterocycles. The lowest BCUT2D eigenvalue weighted by atomic mass is 9.91. The van der Waals surface area contributed by atoms with E-state index < -0.39 is 11.6 Å². The Morgan fingerprint density at radius 2 is 1.85 bits per heavy atom. The number of nitrogens with zero attached hydrogens (tertiary/aromatic N) is 2. The van der Waals surface area contributed by atoms with Gasteiger partial charge >= 0.3 is 5.97 Å². The summed E-state index contributed by atoms with van der Waals surface area (Å²) in [6.07, 6.45) is 1.55. The van der Waals surface area contributed by atoms with Crippen molar-refractivity contribution in [2.24, 2.45) is 0 Å². The molecule has 0 bridgehead atoms. The van der Waals surface area contributed by atoms with Gasteiger partial charge in [-0.2, -0.15) is 0 Å². The number of pyridine rings is 1. The van der Waals surface area contributed by atoms with E-state index >= 15 is 0 Å². The number of hydrogen-bond donors (Lipinski definition) is 2. The molecule has 1 aromatic carbocycles. The number of aliphatic hydroxyl groups is 1. The number of aliphatic carboxylic acids is 1. The Morgan fingerprint density at radius 3 is 2.52 bits per heavy atom. The van der Waals surface area contributed by atoms with Crippen molar-refractivity contribution in [3.63, 3.8) is 0 Å². The number of likely N-dealkylation sites (tertiary alicyclic amines) is 1. The van der Waals surface area contributed by atoms with E-state index in [9.17, 15) is 14.7 Å². The van der Waals surface area contributed by atoms with Crippen molar-refractivity contribution in [2.75, 3.05) is 13.1 Å². The summed E-state index contributed by atoms with van der Waals surface area (Å²) >= 11 is 0. The first kappa shape index (κ1) is 17.2. The molecule has 0 saturated carbocycles. The summed E-state index contributed by atoms with van der Waals surface area (Å²) in [5, 5.41) is 20.0. The highest BCUT2D eigenvalue weighted by Crippen LogP contribution is 2.28. The lowest BCUT2D eigenvalue weighted by molar-refractivity contribution is -0.162. The quantitative estimate of drug-likeness (QED) is 0.738. The van der Waals surface area contributed by atoms with E-state index in [2.05, 4.69) is 4.98 Å². The molecule has 0 atom stereocenters. The minimum Gasteiger partial charge on any atom is -0.479 e. The molecule has 0 unspecified atom stereocenters. The number of piperidine rings is 1. The number of aromatic nitrogens is 1. The zero-order valence-corrected chi connectivity index (χ0v) is 14.5. The van der Waals surface area contributed by atoms with Crippen LogP contribution in [0, 0.1) is 0 Å². The minimum absolute atomic E-state index is 0.00211. The first-order chi connectivity index (χ1) is 13.0. The predicted octanol–water partition coefficient (Wildman–Crippen LogP) is 2.55. The van der Waals surface area contributed by atoms with Gasteiger partial charge in [-0.25, -0.2) is 9.78 Å². The zero-order valence-electron chi connectivity index (χ0n) is 14.5. The molecule has 4 rings (SSSR count). The standard InChI is InChI=1S/C20H18N2O5/c23-18(22-9-7-20(26,8-10-22)19(24)25)14-12-16(17-6-3-11-27-17)21-15-5-2-1-4-13(14)15/h1-6,11-12,26H,7-10H2,(H,24,25). The summed E-state index contributed by atoms with van der Waals surface area (Å²) in [5.74, 6) is -0.897. The van der Waals surface area contributed by atoms with Crippen molar-refractivity contribution < 1.29 is 24.2 Å². The summed E-state index contributed by atoms with van der Waals surface area (Å²) in [4.78, 5) is 30.5. The second-order valence-electron chi connectivity index (χ2n) is 6.68. The number of hydrogen-bond acceptors (Lipinski definition) is 5. The molecule has 138 valence electrons. The highest BCUT2D eigenvalue weighted by atomic mass is 16.4. The summed E-state index contributed by atoms with van der Waals surface area (Å²) in [5.41, 5.74) is -0.0566. The van der Waals surface area contributed by atoms with Crippen LogP contribution in [0.2, 0.25) is 0 Å². The SMILES string of the molecule is O=C(c1cc(-c2ccco2)nc2ccccc12)N1CCC(O)(C(=O)O)CC1. The van der Waals surface area contributed by atoms with Gasteiger partial charge in [-0.05, 0) is 24.3 Å². The summed E-state index contributed by atoms with van der Waals surface area (Å²) in [6, 6.07) is 12.6. The van der Waals surface area contributed by atoms with E-state index in [1.807, 2.05) is 24.3 Å². The molecule has 0 aliphatic carbocycles. The molecule has 2 N–H and O–H groups in total. The summed E-state index contributed by atoms with van der Waals surface area (Å²) in [6.45, 7) is 0.350. The maximum Gasteiger partial charge on any atom is 0.335 e. The minimum atomic E-state index is -1.77. The molecule has 1 aliphatic rings. The number of fused-ring (bicyclic) bond motifs is 1. The van der Waals surface area contributed by atoms with Crippen LogP contribution in [-0.4, -0.2) is 50.7 Å². The summed E-state index contributed by atoms with van der Waals surface area (Å²) < 4.78 is 5.42. The second-order valence-corrected chi connectivity index (χ2v) is 6.68. The smallest absolute Gasteiger partial charge is 0.335 e. The van der Waals surface area contributed by atoms with E-state index in [0.717, 1.165) is 5.39 Å². The van der Waals surface area contributed by atoms with Crippen molar-refractivity contribution >= 4 is 22.8 Å². The highest BCUT2D eigenvalue weighted by Gasteiger charge is 2.40. The first-order valence-corrected chi connectivity index (χ1v) is 8.67. The number of benzene rings is 1. The lowest BCUT2D eigenvalue weighted by Crippen LogP contribution is -2.50. The molecule has 1 aliphatic heterocycles. The largest absolute Gasteiger partial charge is 0.479 e. The topological polar surface area (TPSA) is 104 Å². The molecule has 7 heteroatoms. The fourth-order valence-electron chi connectivity index (χ4n) is 3.37. The molecule has 1 fully saturated rings. The molecule has 27 heavy (non-hydrogen) atoms. The maximum absolute atomic E-state index is 13.2. The van der Waals surface area contributed by atoms with Crippen LogP contribution in [0.25, 0.3) is 22.4 Å². The zero-order chi connectivity index (χ0) is 19.0. The van der Waals surface area contributed by atoms with Crippen LogP contribution in [0.5, 0.6) is 0 Å². The van der Waals surface area contributed by atoms with Crippen molar-refractivity contribution in [3.8, 4) is 11.5 Å². The predicted molar refractivity (Wildman–Crippen MR) is 97.2 cm³/mol. The number of furan rings is 1. The van der Waals surface area contributed by atoms with Crippen molar-refractivity contribution in [2.45, 2.75) is 18.4 Å². The Bertz CT molecular complexity index is 1000. The number of para-hydroxylation sites is 1. The van der Waals surface area contributed by atoms with Crippen LogP contribution in [0.4, 0.5) is 0 Å². The third-order valence-electron chi connectivity index (χ3n) is 5.00. The number of rotatable bonds is 3. The Hall–Kier alpha value is -3.19. The van der Waals surface area contributed by atoms with E-state index in [-0.39, 0.29) is 31.8 Å². The Balaban J connectivity index is 1.71. The molecule has 0 spiro atoms. The molecule has 0 radical (unpaired) electrons. The Labute approximate surface area is 154 Å². The third-order valence-corrected chi connectivity index (χ3v) is 5.00. The van der Waals surface area contributed by atoms with Gasteiger partial charge in [-0.1, -0.05) is 18.2 Å².